The minimum Gasteiger partial charge on any atom is -0.356 e. The molecule has 30 heavy (non-hydrogen) atoms. The van der Waals surface area contributed by atoms with E-state index in [0.29, 0.717) is 10.8 Å². The molecule has 1 aromatic heterocycles. The van der Waals surface area contributed by atoms with Crippen molar-refractivity contribution in [1.29, 1.82) is 0 Å². The maximum Gasteiger partial charge on any atom is 0.170 e. The van der Waals surface area contributed by atoms with Gasteiger partial charge in [-0.15, -0.1) is 0 Å². The average Bonchev–Trinajstić information content (AvgIpc) is 3.22. The van der Waals surface area contributed by atoms with Crippen molar-refractivity contribution in [1.82, 2.24) is 10.1 Å². The topological polar surface area (TPSA) is 29.3 Å². The van der Waals surface area contributed by atoms with Crippen molar-refractivity contribution in [2.75, 3.05) is 19.6 Å². The van der Waals surface area contributed by atoms with E-state index in [1.807, 2.05) is 0 Å². The van der Waals surface area contributed by atoms with Crippen LogP contribution < -0.4 is 0 Å². The molecule has 164 valence electrons. The van der Waals surface area contributed by atoms with Gasteiger partial charge < -0.3 is 9.42 Å². The lowest BCUT2D eigenvalue weighted by Gasteiger charge is -2.55. The van der Waals surface area contributed by atoms with E-state index in [2.05, 4.69) is 63.7 Å². The maximum absolute atomic E-state index is 5.88. The standard InChI is InChI=1S/C27H40N2O/c1-25(2,3)20-9-11-27(12-10-20)16-29(17-27)15-18-13-19-7-8-21-23(22(19)14-18)30-28-24(21)26(4,5)6/h7-8,18,20H,9-17H2,1-6H3. The smallest absolute Gasteiger partial charge is 0.170 e. The van der Waals surface area contributed by atoms with Crippen LogP contribution in [0.4, 0.5) is 0 Å². The fourth-order valence-electron chi connectivity index (χ4n) is 6.67. The molecular formula is C27H40N2O. The van der Waals surface area contributed by atoms with Crippen molar-refractivity contribution in [2.24, 2.45) is 22.7 Å². The molecule has 3 aliphatic rings. The Morgan fingerprint density at radius 3 is 2.37 bits per heavy atom. The number of likely N-dealkylation sites (tertiary alicyclic amines) is 1. The minimum absolute atomic E-state index is 0.0233. The van der Waals surface area contributed by atoms with Crippen molar-refractivity contribution < 1.29 is 4.52 Å². The second kappa shape index (κ2) is 6.82. The molecule has 2 aliphatic carbocycles. The van der Waals surface area contributed by atoms with Crippen molar-refractivity contribution in [3.63, 3.8) is 0 Å². The molecule has 5 rings (SSSR count). The van der Waals surface area contributed by atoms with Gasteiger partial charge in [0.05, 0.1) is 5.69 Å². The molecule has 0 radical (unpaired) electrons. The average molecular weight is 409 g/mol. The molecule has 1 aromatic carbocycles. The number of aromatic nitrogens is 1. The first-order valence-electron chi connectivity index (χ1n) is 12.2. The monoisotopic (exact) mass is 408 g/mol. The van der Waals surface area contributed by atoms with Gasteiger partial charge in [-0.1, -0.05) is 52.8 Å². The van der Waals surface area contributed by atoms with Gasteiger partial charge >= 0.3 is 0 Å². The molecule has 1 unspecified atom stereocenters. The molecule has 0 N–H and O–H groups in total. The van der Waals surface area contributed by atoms with E-state index < -0.39 is 0 Å². The van der Waals surface area contributed by atoms with Crippen LogP contribution in [0.2, 0.25) is 0 Å². The molecule has 3 nitrogen and oxygen atoms in total. The summed E-state index contributed by atoms with van der Waals surface area (Å²) in [7, 11) is 0. The highest BCUT2D eigenvalue weighted by atomic mass is 16.5. The van der Waals surface area contributed by atoms with Gasteiger partial charge in [-0.25, -0.2) is 0 Å². The van der Waals surface area contributed by atoms with Gasteiger partial charge in [0.15, 0.2) is 5.58 Å². The van der Waals surface area contributed by atoms with Crippen LogP contribution in [0.1, 0.15) is 84.0 Å². The van der Waals surface area contributed by atoms with E-state index in [-0.39, 0.29) is 5.41 Å². The summed E-state index contributed by atoms with van der Waals surface area (Å²) >= 11 is 0. The predicted molar refractivity (Wildman–Crippen MR) is 124 cm³/mol. The quantitative estimate of drug-likeness (QED) is 0.577. The number of nitrogens with zero attached hydrogens (tertiary/aromatic N) is 2. The van der Waals surface area contributed by atoms with Gasteiger partial charge in [0.1, 0.15) is 0 Å². The Kier molecular flexibility index (Phi) is 4.67. The normalized spacial score (nSPS) is 25.1. The Bertz CT molecular complexity index is 926. The number of hydrogen-bond acceptors (Lipinski definition) is 3. The molecule has 3 heteroatoms. The van der Waals surface area contributed by atoms with Crippen LogP contribution in [0, 0.1) is 22.7 Å². The maximum atomic E-state index is 5.88. The molecule has 0 bridgehead atoms. The van der Waals surface area contributed by atoms with Gasteiger partial charge in [-0.05, 0) is 72.8 Å². The summed E-state index contributed by atoms with van der Waals surface area (Å²) in [5, 5.41) is 5.67. The fraction of sp³-hybridized carbons (Fsp3) is 0.741. The largest absolute Gasteiger partial charge is 0.356 e. The molecule has 2 heterocycles. The van der Waals surface area contributed by atoms with Gasteiger partial charge in [0, 0.05) is 36.0 Å². The summed E-state index contributed by atoms with van der Waals surface area (Å²) in [4.78, 5) is 2.74. The van der Waals surface area contributed by atoms with Crippen LogP contribution in [0.3, 0.4) is 0 Å². The van der Waals surface area contributed by atoms with Crippen LogP contribution in [0.25, 0.3) is 11.0 Å². The Balaban J connectivity index is 1.20. The van der Waals surface area contributed by atoms with Crippen LogP contribution in [0.5, 0.6) is 0 Å². The summed E-state index contributed by atoms with van der Waals surface area (Å²) in [6.45, 7) is 17.9. The predicted octanol–water partition coefficient (Wildman–Crippen LogP) is 6.38. The highest BCUT2D eigenvalue weighted by Crippen LogP contribution is 2.50. The number of fused-ring (bicyclic) bond motifs is 3. The molecule has 1 atom stereocenters. The molecule has 1 saturated heterocycles. The lowest BCUT2D eigenvalue weighted by Crippen LogP contribution is -2.58. The SMILES string of the molecule is CC(C)(C)c1noc2c3c(ccc12)CC(CN1CC2(CCC(C(C)(C)C)CC2)C1)C3. The second-order valence-electron chi connectivity index (χ2n) is 12.9. The van der Waals surface area contributed by atoms with Crippen molar-refractivity contribution in [3.8, 4) is 0 Å². The van der Waals surface area contributed by atoms with Gasteiger partial charge in [0.25, 0.3) is 0 Å². The van der Waals surface area contributed by atoms with Gasteiger partial charge in [-0.2, -0.15) is 0 Å². The molecule has 2 aromatic rings. The van der Waals surface area contributed by atoms with Crippen LogP contribution in [-0.4, -0.2) is 29.7 Å². The Morgan fingerprint density at radius 1 is 1.03 bits per heavy atom. The summed E-state index contributed by atoms with van der Waals surface area (Å²) in [6, 6.07) is 4.59. The van der Waals surface area contributed by atoms with Crippen LogP contribution >= 0.6 is 0 Å². The molecule has 1 saturated carbocycles. The zero-order valence-electron chi connectivity index (χ0n) is 20.0. The number of benzene rings is 1. The molecule has 1 spiro atoms. The lowest BCUT2D eigenvalue weighted by atomic mass is 9.61. The zero-order valence-corrected chi connectivity index (χ0v) is 20.0. The molecular weight excluding hydrogens is 368 g/mol. The third-order valence-electron chi connectivity index (χ3n) is 8.46. The van der Waals surface area contributed by atoms with Crippen molar-refractivity contribution in [2.45, 2.75) is 85.5 Å². The van der Waals surface area contributed by atoms with E-state index in [1.54, 1.807) is 0 Å². The summed E-state index contributed by atoms with van der Waals surface area (Å²) < 4.78 is 5.88. The van der Waals surface area contributed by atoms with E-state index in [0.717, 1.165) is 29.5 Å². The summed E-state index contributed by atoms with van der Waals surface area (Å²) in [6.07, 6.45) is 8.13. The van der Waals surface area contributed by atoms with E-state index in [9.17, 15) is 0 Å². The lowest BCUT2D eigenvalue weighted by molar-refractivity contribution is -0.0553. The molecule has 1 aliphatic heterocycles. The number of hydrogen-bond donors (Lipinski definition) is 0. The first-order valence-corrected chi connectivity index (χ1v) is 12.2. The Hall–Kier alpha value is -1.35. The highest BCUT2D eigenvalue weighted by molar-refractivity contribution is 5.85. The Morgan fingerprint density at radius 2 is 1.73 bits per heavy atom. The van der Waals surface area contributed by atoms with Crippen LogP contribution in [0.15, 0.2) is 16.7 Å². The summed E-state index contributed by atoms with van der Waals surface area (Å²) in [5.41, 5.74) is 6.23. The third-order valence-corrected chi connectivity index (χ3v) is 8.46. The first kappa shape index (κ1) is 20.5. The number of rotatable bonds is 2. The second-order valence-corrected chi connectivity index (χ2v) is 12.9. The van der Waals surface area contributed by atoms with Gasteiger partial charge in [0.2, 0.25) is 0 Å². The molecule has 2 fully saturated rings. The van der Waals surface area contributed by atoms with E-state index in [4.69, 9.17) is 4.52 Å². The van der Waals surface area contributed by atoms with Crippen molar-refractivity contribution in [3.05, 3.63) is 29.0 Å². The third kappa shape index (κ3) is 3.51. The van der Waals surface area contributed by atoms with E-state index in [1.165, 1.54) is 68.3 Å². The fourth-order valence-corrected chi connectivity index (χ4v) is 6.67. The van der Waals surface area contributed by atoms with Crippen molar-refractivity contribution >= 4 is 11.0 Å². The Labute approximate surface area is 182 Å². The summed E-state index contributed by atoms with van der Waals surface area (Å²) in [5.74, 6) is 1.65. The highest BCUT2D eigenvalue weighted by Gasteiger charge is 2.47. The zero-order chi connectivity index (χ0) is 21.3. The van der Waals surface area contributed by atoms with E-state index >= 15 is 0 Å². The first-order chi connectivity index (χ1) is 14.0. The molecule has 0 amide bonds. The van der Waals surface area contributed by atoms with Gasteiger partial charge in [-0.3, -0.25) is 0 Å². The minimum atomic E-state index is 0.0233. The van der Waals surface area contributed by atoms with Crippen LogP contribution in [-0.2, 0) is 18.3 Å².